The van der Waals surface area contributed by atoms with Crippen LogP contribution in [-0.2, 0) is 0 Å². The zero-order valence-electron chi connectivity index (χ0n) is 10.6. The number of benzene rings is 1. The molecule has 1 aliphatic rings. The van der Waals surface area contributed by atoms with E-state index in [0.717, 1.165) is 6.42 Å². The molecule has 17 heavy (non-hydrogen) atoms. The lowest BCUT2D eigenvalue weighted by Crippen LogP contribution is -2.20. The molecule has 0 saturated heterocycles. The summed E-state index contributed by atoms with van der Waals surface area (Å²) in [7, 11) is 0. The molecule has 1 fully saturated rings. The fourth-order valence-electron chi connectivity index (χ4n) is 2.35. The van der Waals surface area contributed by atoms with Gasteiger partial charge in [0.25, 0.3) is 0 Å². The van der Waals surface area contributed by atoms with E-state index in [2.05, 4.69) is 38.1 Å². The second-order valence-corrected chi connectivity index (χ2v) is 6.24. The highest BCUT2D eigenvalue weighted by Crippen LogP contribution is 2.37. The SMILES string of the molecule is Cc1ccc(SC2CCCCC2C#N)cc1C. The van der Waals surface area contributed by atoms with Crippen molar-refractivity contribution in [2.75, 3.05) is 0 Å². The van der Waals surface area contributed by atoms with E-state index >= 15 is 0 Å². The Labute approximate surface area is 108 Å². The molecule has 1 aromatic carbocycles. The molecule has 0 heterocycles. The normalized spacial score (nSPS) is 24.3. The maximum Gasteiger partial charge on any atom is 0.0667 e. The average Bonchev–Trinajstić information content (AvgIpc) is 2.34. The molecule has 0 radical (unpaired) electrons. The number of hydrogen-bond donors (Lipinski definition) is 0. The van der Waals surface area contributed by atoms with E-state index in [4.69, 9.17) is 0 Å². The summed E-state index contributed by atoms with van der Waals surface area (Å²) in [5.74, 6) is 0.246. The Kier molecular flexibility index (Phi) is 4.12. The van der Waals surface area contributed by atoms with E-state index in [0.29, 0.717) is 5.25 Å². The summed E-state index contributed by atoms with van der Waals surface area (Å²) in [6, 6.07) is 9.11. The lowest BCUT2D eigenvalue weighted by Gasteiger charge is -2.26. The molecule has 90 valence electrons. The highest BCUT2D eigenvalue weighted by Gasteiger charge is 2.25. The van der Waals surface area contributed by atoms with Crippen LogP contribution in [0.15, 0.2) is 23.1 Å². The van der Waals surface area contributed by atoms with Gasteiger partial charge in [-0.1, -0.05) is 18.9 Å². The first-order valence-electron chi connectivity index (χ1n) is 6.34. The van der Waals surface area contributed by atoms with Crippen LogP contribution in [0.3, 0.4) is 0 Å². The van der Waals surface area contributed by atoms with Crippen LogP contribution in [-0.4, -0.2) is 5.25 Å². The minimum absolute atomic E-state index is 0.246. The third kappa shape index (κ3) is 3.04. The first kappa shape index (κ1) is 12.5. The maximum absolute atomic E-state index is 9.17. The quantitative estimate of drug-likeness (QED) is 0.767. The van der Waals surface area contributed by atoms with E-state index in [1.165, 1.54) is 35.3 Å². The molecule has 1 aromatic rings. The summed E-state index contributed by atoms with van der Waals surface area (Å²) in [5, 5.41) is 9.67. The molecular formula is C15H19NS. The van der Waals surface area contributed by atoms with Crippen molar-refractivity contribution in [3.8, 4) is 6.07 Å². The van der Waals surface area contributed by atoms with Crippen LogP contribution in [0.5, 0.6) is 0 Å². The summed E-state index contributed by atoms with van der Waals surface area (Å²) in [5.41, 5.74) is 2.69. The maximum atomic E-state index is 9.17. The molecule has 0 aromatic heterocycles. The van der Waals surface area contributed by atoms with Crippen molar-refractivity contribution in [3.05, 3.63) is 29.3 Å². The average molecular weight is 245 g/mol. The second-order valence-electron chi connectivity index (χ2n) is 4.92. The van der Waals surface area contributed by atoms with E-state index in [-0.39, 0.29) is 5.92 Å². The molecule has 0 aliphatic heterocycles. The van der Waals surface area contributed by atoms with Crippen molar-refractivity contribution in [2.45, 2.75) is 49.7 Å². The molecule has 2 heteroatoms. The predicted octanol–water partition coefficient (Wildman–Crippen LogP) is 4.48. The highest BCUT2D eigenvalue weighted by molar-refractivity contribution is 8.00. The minimum Gasteiger partial charge on any atom is -0.198 e. The Morgan fingerprint density at radius 1 is 1.18 bits per heavy atom. The molecule has 0 N–H and O–H groups in total. The molecule has 2 rings (SSSR count). The zero-order valence-corrected chi connectivity index (χ0v) is 11.4. The first-order chi connectivity index (χ1) is 8.20. The number of nitrogens with zero attached hydrogens (tertiary/aromatic N) is 1. The predicted molar refractivity (Wildman–Crippen MR) is 73.1 cm³/mol. The Morgan fingerprint density at radius 2 is 1.94 bits per heavy atom. The molecule has 2 atom stereocenters. The van der Waals surface area contributed by atoms with E-state index in [1.54, 1.807) is 0 Å². The Morgan fingerprint density at radius 3 is 2.65 bits per heavy atom. The van der Waals surface area contributed by atoms with Crippen molar-refractivity contribution in [1.82, 2.24) is 0 Å². The summed E-state index contributed by atoms with van der Waals surface area (Å²) in [6.07, 6.45) is 4.78. The number of rotatable bonds is 2. The van der Waals surface area contributed by atoms with Gasteiger partial charge in [0.1, 0.15) is 0 Å². The van der Waals surface area contributed by atoms with Crippen molar-refractivity contribution in [3.63, 3.8) is 0 Å². The van der Waals surface area contributed by atoms with Crippen LogP contribution < -0.4 is 0 Å². The zero-order chi connectivity index (χ0) is 12.3. The lowest BCUT2D eigenvalue weighted by atomic mass is 9.90. The first-order valence-corrected chi connectivity index (χ1v) is 7.22. The second kappa shape index (κ2) is 5.60. The van der Waals surface area contributed by atoms with Gasteiger partial charge >= 0.3 is 0 Å². The third-order valence-corrected chi connectivity index (χ3v) is 5.03. The Balaban J connectivity index is 2.09. The molecule has 0 bridgehead atoms. The Bertz CT molecular complexity index is 433. The van der Waals surface area contributed by atoms with Crippen LogP contribution in [0.25, 0.3) is 0 Å². The monoisotopic (exact) mass is 245 g/mol. The topological polar surface area (TPSA) is 23.8 Å². The van der Waals surface area contributed by atoms with Gasteiger partial charge in [-0.2, -0.15) is 5.26 Å². The standard InChI is InChI=1S/C15H19NS/c1-11-7-8-14(9-12(11)2)17-15-6-4-3-5-13(15)10-16/h7-9,13,15H,3-6H2,1-2H3. The number of aryl methyl sites for hydroxylation is 2. The van der Waals surface area contributed by atoms with Crippen LogP contribution >= 0.6 is 11.8 Å². The summed E-state index contributed by atoms with van der Waals surface area (Å²) < 4.78 is 0. The largest absolute Gasteiger partial charge is 0.198 e. The molecular weight excluding hydrogens is 226 g/mol. The van der Waals surface area contributed by atoms with Crippen LogP contribution in [0.2, 0.25) is 0 Å². The number of nitriles is 1. The highest BCUT2D eigenvalue weighted by atomic mass is 32.2. The minimum atomic E-state index is 0.246. The van der Waals surface area contributed by atoms with Gasteiger partial charge in [-0.05, 0) is 49.9 Å². The summed E-state index contributed by atoms with van der Waals surface area (Å²) in [6.45, 7) is 4.30. The van der Waals surface area contributed by atoms with Crippen molar-refractivity contribution in [2.24, 2.45) is 5.92 Å². The molecule has 1 saturated carbocycles. The van der Waals surface area contributed by atoms with Gasteiger partial charge in [0.15, 0.2) is 0 Å². The molecule has 1 nitrogen and oxygen atoms in total. The van der Waals surface area contributed by atoms with Crippen LogP contribution in [0.4, 0.5) is 0 Å². The molecule has 1 aliphatic carbocycles. The van der Waals surface area contributed by atoms with Crippen LogP contribution in [0, 0.1) is 31.1 Å². The summed E-state index contributed by atoms with van der Waals surface area (Å²) >= 11 is 1.90. The number of hydrogen-bond acceptors (Lipinski definition) is 2. The molecule has 0 spiro atoms. The number of thioether (sulfide) groups is 1. The van der Waals surface area contributed by atoms with E-state index in [1.807, 2.05) is 11.8 Å². The van der Waals surface area contributed by atoms with Crippen molar-refractivity contribution in [1.29, 1.82) is 5.26 Å². The van der Waals surface area contributed by atoms with Gasteiger partial charge in [0.2, 0.25) is 0 Å². The molecule has 0 amide bonds. The smallest absolute Gasteiger partial charge is 0.0667 e. The van der Waals surface area contributed by atoms with Gasteiger partial charge in [-0.25, -0.2) is 0 Å². The van der Waals surface area contributed by atoms with Gasteiger partial charge < -0.3 is 0 Å². The lowest BCUT2D eigenvalue weighted by molar-refractivity contribution is 0.439. The van der Waals surface area contributed by atoms with Gasteiger partial charge in [0.05, 0.1) is 12.0 Å². The Hall–Kier alpha value is -0.940. The van der Waals surface area contributed by atoms with Gasteiger partial charge in [-0.15, -0.1) is 11.8 Å². The third-order valence-electron chi connectivity index (χ3n) is 3.63. The van der Waals surface area contributed by atoms with Crippen molar-refractivity contribution >= 4 is 11.8 Å². The molecule has 2 unspecified atom stereocenters. The fourth-order valence-corrected chi connectivity index (χ4v) is 3.73. The van der Waals surface area contributed by atoms with E-state index < -0.39 is 0 Å². The van der Waals surface area contributed by atoms with Gasteiger partial charge in [0, 0.05) is 10.1 Å². The summed E-state index contributed by atoms with van der Waals surface area (Å²) in [4.78, 5) is 1.32. The van der Waals surface area contributed by atoms with Gasteiger partial charge in [-0.3, -0.25) is 0 Å². The van der Waals surface area contributed by atoms with Crippen molar-refractivity contribution < 1.29 is 0 Å². The van der Waals surface area contributed by atoms with E-state index in [9.17, 15) is 5.26 Å². The van der Waals surface area contributed by atoms with Crippen LogP contribution in [0.1, 0.15) is 36.8 Å². The fraction of sp³-hybridized carbons (Fsp3) is 0.533.